The van der Waals surface area contributed by atoms with Crippen LogP contribution >= 0.6 is 11.8 Å². The second-order valence-corrected chi connectivity index (χ2v) is 6.10. The van der Waals surface area contributed by atoms with Gasteiger partial charge >= 0.3 is 0 Å². The highest BCUT2D eigenvalue weighted by Crippen LogP contribution is 2.22. The lowest BCUT2D eigenvalue weighted by Gasteiger charge is -2.06. The zero-order chi connectivity index (χ0) is 15.6. The minimum atomic E-state index is -0.0170. The van der Waals surface area contributed by atoms with Gasteiger partial charge < -0.3 is 11.1 Å². The van der Waals surface area contributed by atoms with Gasteiger partial charge in [0.2, 0.25) is 0 Å². The Bertz CT molecular complexity index is 569. The molecule has 0 atom stereocenters. The molecule has 0 unspecified atom stereocenters. The third-order valence-electron chi connectivity index (χ3n) is 3.28. The SMILES string of the molecule is NCCCCNC(=O)c1ccc(SCc2ccccc2)cc1. The number of hydrogen-bond acceptors (Lipinski definition) is 3. The monoisotopic (exact) mass is 314 g/mol. The van der Waals surface area contributed by atoms with Crippen molar-refractivity contribution in [3.63, 3.8) is 0 Å². The lowest BCUT2D eigenvalue weighted by molar-refractivity contribution is 0.0953. The van der Waals surface area contributed by atoms with Crippen LogP contribution in [-0.2, 0) is 5.75 Å². The quantitative estimate of drug-likeness (QED) is 0.579. The zero-order valence-corrected chi connectivity index (χ0v) is 13.4. The molecule has 0 aliphatic carbocycles. The molecule has 0 saturated heterocycles. The summed E-state index contributed by atoms with van der Waals surface area (Å²) in [5.74, 6) is 0.919. The van der Waals surface area contributed by atoms with Crippen molar-refractivity contribution in [3.8, 4) is 0 Å². The van der Waals surface area contributed by atoms with Gasteiger partial charge in [0.15, 0.2) is 0 Å². The van der Waals surface area contributed by atoms with Gasteiger partial charge in [-0.2, -0.15) is 0 Å². The number of hydrogen-bond donors (Lipinski definition) is 2. The summed E-state index contributed by atoms with van der Waals surface area (Å²) in [6.45, 7) is 1.35. The summed E-state index contributed by atoms with van der Waals surface area (Å²) in [5, 5.41) is 2.91. The molecule has 1 amide bonds. The predicted molar refractivity (Wildman–Crippen MR) is 93.1 cm³/mol. The van der Waals surface area contributed by atoms with Gasteiger partial charge in [-0.1, -0.05) is 30.3 Å². The minimum Gasteiger partial charge on any atom is -0.352 e. The predicted octanol–water partition coefficient (Wildman–Crippen LogP) is 3.45. The highest BCUT2D eigenvalue weighted by Gasteiger charge is 2.04. The third kappa shape index (κ3) is 5.54. The molecule has 0 aromatic heterocycles. The van der Waals surface area contributed by atoms with Gasteiger partial charge in [-0.15, -0.1) is 11.8 Å². The lowest BCUT2D eigenvalue weighted by atomic mass is 10.2. The average molecular weight is 314 g/mol. The molecule has 0 heterocycles. The van der Waals surface area contributed by atoms with E-state index in [4.69, 9.17) is 5.73 Å². The molecule has 0 bridgehead atoms. The second kappa shape index (κ2) is 9.28. The molecule has 3 nitrogen and oxygen atoms in total. The topological polar surface area (TPSA) is 55.1 Å². The van der Waals surface area contributed by atoms with Gasteiger partial charge in [0, 0.05) is 22.8 Å². The highest BCUT2D eigenvalue weighted by molar-refractivity contribution is 7.98. The number of nitrogens with one attached hydrogen (secondary N) is 1. The van der Waals surface area contributed by atoms with E-state index in [1.54, 1.807) is 11.8 Å². The molecule has 0 aliphatic rings. The van der Waals surface area contributed by atoms with Crippen LogP contribution in [-0.4, -0.2) is 19.0 Å². The third-order valence-corrected chi connectivity index (χ3v) is 4.36. The molecule has 116 valence electrons. The average Bonchev–Trinajstić information content (AvgIpc) is 2.58. The van der Waals surface area contributed by atoms with Gasteiger partial charge in [0.25, 0.3) is 5.91 Å². The van der Waals surface area contributed by atoms with Crippen LogP contribution in [0.2, 0.25) is 0 Å². The number of amides is 1. The number of rotatable bonds is 8. The molecular weight excluding hydrogens is 292 g/mol. The first kappa shape index (κ1) is 16.6. The van der Waals surface area contributed by atoms with E-state index in [9.17, 15) is 4.79 Å². The Morgan fingerprint density at radius 1 is 1.00 bits per heavy atom. The maximum absolute atomic E-state index is 11.9. The Labute approximate surface area is 136 Å². The van der Waals surface area contributed by atoms with Crippen LogP contribution < -0.4 is 11.1 Å². The van der Waals surface area contributed by atoms with E-state index in [0.29, 0.717) is 18.7 Å². The first-order valence-electron chi connectivity index (χ1n) is 7.54. The van der Waals surface area contributed by atoms with Gasteiger partial charge in [0.1, 0.15) is 0 Å². The van der Waals surface area contributed by atoms with E-state index in [0.717, 1.165) is 18.6 Å². The standard InChI is InChI=1S/C18H22N2OS/c19-12-4-5-13-20-18(21)16-8-10-17(11-9-16)22-14-15-6-2-1-3-7-15/h1-3,6-11H,4-5,12-14,19H2,(H,20,21). The van der Waals surface area contributed by atoms with Crippen molar-refractivity contribution in [1.82, 2.24) is 5.32 Å². The van der Waals surface area contributed by atoms with Crippen molar-refractivity contribution in [3.05, 3.63) is 65.7 Å². The van der Waals surface area contributed by atoms with E-state index >= 15 is 0 Å². The molecule has 2 rings (SSSR count). The molecule has 0 saturated carbocycles. The molecule has 2 aromatic rings. The lowest BCUT2D eigenvalue weighted by Crippen LogP contribution is -2.24. The van der Waals surface area contributed by atoms with E-state index in [-0.39, 0.29) is 5.91 Å². The number of unbranched alkanes of at least 4 members (excludes halogenated alkanes) is 1. The van der Waals surface area contributed by atoms with E-state index in [1.807, 2.05) is 42.5 Å². The highest BCUT2D eigenvalue weighted by atomic mass is 32.2. The summed E-state index contributed by atoms with van der Waals surface area (Å²) in [6, 6.07) is 18.1. The fourth-order valence-electron chi connectivity index (χ4n) is 2.02. The van der Waals surface area contributed by atoms with Gasteiger partial charge in [-0.3, -0.25) is 4.79 Å². The number of carbonyl (C=O) groups is 1. The smallest absolute Gasteiger partial charge is 0.251 e. The summed E-state index contributed by atoms with van der Waals surface area (Å²) >= 11 is 1.77. The van der Waals surface area contributed by atoms with Crippen molar-refractivity contribution in [2.75, 3.05) is 13.1 Å². The Morgan fingerprint density at radius 3 is 2.41 bits per heavy atom. The van der Waals surface area contributed by atoms with E-state index in [2.05, 4.69) is 17.4 Å². The van der Waals surface area contributed by atoms with Crippen LogP contribution in [0.3, 0.4) is 0 Å². The molecular formula is C18H22N2OS. The Hall–Kier alpha value is -1.78. The van der Waals surface area contributed by atoms with Crippen molar-refractivity contribution in [2.24, 2.45) is 5.73 Å². The summed E-state index contributed by atoms with van der Waals surface area (Å²) in [7, 11) is 0. The summed E-state index contributed by atoms with van der Waals surface area (Å²) < 4.78 is 0. The number of thioether (sulfide) groups is 1. The molecule has 0 radical (unpaired) electrons. The number of benzene rings is 2. The molecule has 2 aromatic carbocycles. The van der Waals surface area contributed by atoms with Crippen LogP contribution in [0.15, 0.2) is 59.5 Å². The van der Waals surface area contributed by atoms with Crippen LogP contribution in [0.1, 0.15) is 28.8 Å². The molecule has 0 aliphatic heterocycles. The maximum atomic E-state index is 11.9. The molecule has 22 heavy (non-hydrogen) atoms. The van der Waals surface area contributed by atoms with Crippen LogP contribution in [0.25, 0.3) is 0 Å². The van der Waals surface area contributed by atoms with E-state index < -0.39 is 0 Å². The normalized spacial score (nSPS) is 10.4. The van der Waals surface area contributed by atoms with Gasteiger partial charge in [-0.05, 0) is 49.2 Å². The largest absolute Gasteiger partial charge is 0.352 e. The van der Waals surface area contributed by atoms with Crippen molar-refractivity contribution in [1.29, 1.82) is 0 Å². The fraction of sp³-hybridized carbons (Fsp3) is 0.278. The van der Waals surface area contributed by atoms with Crippen molar-refractivity contribution < 1.29 is 4.79 Å². The molecule has 3 N–H and O–H groups in total. The van der Waals surface area contributed by atoms with Crippen LogP contribution in [0.4, 0.5) is 0 Å². The minimum absolute atomic E-state index is 0.0170. The first-order valence-corrected chi connectivity index (χ1v) is 8.53. The fourth-order valence-corrected chi connectivity index (χ4v) is 2.87. The van der Waals surface area contributed by atoms with E-state index in [1.165, 1.54) is 10.5 Å². The molecule has 0 spiro atoms. The van der Waals surface area contributed by atoms with Crippen molar-refractivity contribution in [2.45, 2.75) is 23.5 Å². The maximum Gasteiger partial charge on any atom is 0.251 e. The van der Waals surface area contributed by atoms with Gasteiger partial charge in [-0.25, -0.2) is 0 Å². The molecule has 4 heteroatoms. The van der Waals surface area contributed by atoms with Crippen molar-refractivity contribution >= 4 is 17.7 Å². The Balaban J connectivity index is 1.81. The summed E-state index contributed by atoms with van der Waals surface area (Å²) in [5.41, 5.74) is 7.43. The summed E-state index contributed by atoms with van der Waals surface area (Å²) in [6.07, 6.45) is 1.86. The number of carbonyl (C=O) groups excluding carboxylic acids is 1. The second-order valence-electron chi connectivity index (χ2n) is 5.05. The van der Waals surface area contributed by atoms with Crippen LogP contribution in [0, 0.1) is 0 Å². The Kier molecular flexibility index (Phi) is 7.00. The Morgan fingerprint density at radius 2 is 1.73 bits per heavy atom. The summed E-state index contributed by atoms with van der Waals surface area (Å²) in [4.78, 5) is 13.1. The number of nitrogens with two attached hydrogens (primary N) is 1. The molecule has 0 fully saturated rings. The van der Waals surface area contributed by atoms with Crippen LogP contribution in [0.5, 0.6) is 0 Å². The zero-order valence-electron chi connectivity index (χ0n) is 12.6. The van der Waals surface area contributed by atoms with Gasteiger partial charge in [0.05, 0.1) is 0 Å². The first-order chi connectivity index (χ1) is 10.8.